The molecule has 0 radical (unpaired) electrons. The first-order valence-corrected chi connectivity index (χ1v) is 6.71. The number of ether oxygens (including phenoxy) is 1. The van der Waals surface area contributed by atoms with E-state index in [4.69, 9.17) is 4.74 Å². The molecule has 1 saturated heterocycles. The van der Waals surface area contributed by atoms with Gasteiger partial charge in [-0.25, -0.2) is 9.97 Å². The van der Waals surface area contributed by atoms with Crippen molar-refractivity contribution in [2.75, 3.05) is 31.1 Å². The molecule has 0 saturated carbocycles. The molecule has 1 fully saturated rings. The highest BCUT2D eigenvalue weighted by atomic mass is 16.5. The molecule has 1 aromatic rings. The number of hydrogen-bond acceptors (Lipinski definition) is 6. The number of hydrogen-bond donors (Lipinski definition) is 1. The van der Waals surface area contributed by atoms with Gasteiger partial charge in [-0.15, -0.1) is 0 Å². The predicted octanol–water partition coefficient (Wildman–Crippen LogP) is 0.370. The van der Waals surface area contributed by atoms with E-state index in [1.54, 1.807) is 6.92 Å². The third kappa shape index (κ3) is 3.66. The van der Waals surface area contributed by atoms with Crippen LogP contribution in [0.15, 0.2) is 12.4 Å². The van der Waals surface area contributed by atoms with Gasteiger partial charge in [0.25, 0.3) is 5.91 Å². The molecule has 7 heteroatoms. The van der Waals surface area contributed by atoms with Crippen LogP contribution in [0.5, 0.6) is 0 Å². The molecule has 1 aliphatic heterocycles. The van der Waals surface area contributed by atoms with E-state index >= 15 is 0 Å². The second-order valence-electron chi connectivity index (χ2n) is 4.45. The predicted molar refractivity (Wildman–Crippen MR) is 72.4 cm³/mol. The number of amides is 1. The molecule has 0 unspecified atom stereocenters. The minimum atomic E-state index is -0.463. The maximum Gasteiger partial charge on any atom is 0.325 e. The van der Waals surface area contributed by atoms with Crippen molar-refractivity contribution in [3.8, 4) is 0 Å². The molecule has 0 aromatic carbocycles. The van der Waals surface area contributed by atoms with Gasteiger partial charge in [0.05, 0.1) is 12.2 Å². The zero-order valence-electron chi connectivity index (χ0n) is 11.5. The number of anilines is 1. The van der Waals surface area contributed by atoms with E-state index < -0.39 is 5.97 Å². The van der Waals surface area contributed by atoms with Gasteiger partial charge in [-0.3, -0.25) is 9.59 Å². The quantitative estimate of drug-likeness (QED) is 0.783. The lowest BCUT2D eigenvalue weighted by Gasteiger charge is -2.14. The highest BCUT2D eigenvalue weighted by Crippen LogP contribution is 2.14. The van der Waals surface area contributed by atoms with Crippen LogP contribution >= 0.6 is 0 Å². The van der Waals surface area contributed by atoms with Crippen LogP contribution in [0.3, 0.4) is 0 Å². The van der Waals surface area contributed by atoms with Crippen molar-refractivity contribution in [3.63, 3.8) is 0 Å². The van der Waals surface area contributed by atoms with Crippen LogP contribution in [0.1, 0.15) is 30.1 Å². The highest BCUT2D eigenvalue weighted by Gasteiger charge is 2.15. The number of esters is 1. The van der Waals surface area contributed by atoms with Gasteiger partial charge in [-0.05, 0) is 19.8 Å². The van der Waals surface area contributed by atoms with E-state index in [1.807, 2.05) is 0 Å². The van der Waals surface area contributed by atoms with E-state index in [2.05, 4.69) is 20.2 Å². The zero-order valence-corrected chi connectivity index (χ0v) is 11.5. The lowest BCUT2D eigenvalue weighted by atomic mass is 10.3. The lowest BCUT2D eigenvalue weighted by molar-refractivity contribution is -0.141. The molecular weight excluding hydrogens is 260 g/mol. The topological polar surface area (TPSA) is 84.4 Å². The van der Waals surface area contributed by atoms with Crippen molar-refractivity contribution in [1.82, 2.24) is 15.3 Å². The number of carbonyl (C=O) groups is 2. The highest BCUT2D eigenvalue weighted by molar-refractivity contribution is 5.95. The van der Waals surface area contributed by atoms with E-state index in [0.717, 1.165) is 25.9 Å². The van der Waals surface area contributed by atoms with Gasteiger partial charge < -0.3 is 15.0 Å². The molecule has 1 aliphatic rings. The Balaban J connectivity index is 1.88. The van der Waals surface area contributed by atoms with Crippen molar-refractivity contribution < 1.29 is 14.3 Å². The van der Waals surface area contributed by atoms with Crippen molar-refractivity contribution in [2.45, 2.75) is 19.8 Å². The third-order valence-electron chi connectivity index (χ3n) is 2.99. The summed E-state index contributed by atoms with van der Waals surface area (Å²) in [6.07, 6.45) is 5.23. The Kier molecular flexibility index (Phi) is 4.86. The average molecular weight is 278 g/mol. The Morgan fingerprint density at radius 3 is 2.55 bits per heavy atom. The molecule has 1 aromatic heterocycles. The summed E-state index contributed by atoms with van der Waals surface area (Å²) in [5.74, 6) is -0.203. The zero-order chi connectivity index (χ0) is 14.4. The van der Waals surface area contributed by atoms with Crippen molar-refractivity contribution >= 4 is 17.8 Å². The van der Waals surface area contributed by atoms with Gasteiger partial charge in [-0.1, -0.05) is 0 Å². The molecule has 108 valence electrons. The maximum atomic E-state index is 11.8. The summed E-state index contributed by atoms with van der Waals surface area (Å²) in [6.45, 7) is 3.76. The molecule has 2 heterocycles. The van der Waals surface area contributed by atoms with Crippen LogP contribution in [0.25, 0.3) is 0 Å². The average Bonchev–Trinajstić information content (AvgIpc) is 2.99. The van der Waals surface area contributed by atoms with Crippen LogP contribution < -0.4 is 10.2 Å². The summed E-state index contributed by atoms with van der Waals surface area (Å²) < 4.78 is 4.72. The minimum Gasteiger partial charge on any atom is -0.465 e. The number of rotatable bonds is 5. The molecule has 0 bridgehead atoms. The maximum absolute atomic E-state index is 11.8. The van der Waals surface area contributed by atoms with Gasteiger partial charge in [0.15, 0.2) is 0 Å². The summed E-state index contributed by atoms with van der Waals surface area (Å²) in [4.78, 5) is 33.4. The van der Waals surface area contributed by atoms with Crippen LogP contribution in [0.2, 0.25) is 0 Å². The Bertz CT molecular complexity index is 469. The molecule has 0 aliphatic carbocycles. The minimum absolute atomic E-state index is 0.152. The van der Waals surface area contributed by atoms with Crippen molar-refractivity contribution in [3.05, 3.63) is 18.0 Å². The van der Waals surface area contributed by atoms with E-state index in [0.29, 0.717) is 18.1 Å². The molecule has 1 N–H and O–H groups in total. The second kappa shape index (κ2) is 6.83. The van der Waals surface area contributed by atoms with Crippen LogP contribution in [0.4, 0.5) is 5.95 Å². The fraction of sp³-hybridized carbons (Fsp3) is 0.538. The summed E-state index contributed by atoms with van der Waals surface area (Å²) in [6, 6.07) is 0. The first-order valence-electron chi connectivity index (χ1n) is 6.71. The first kappa shape index (κ1) is 14.2. The summed E-state index contributed by atoms with van der Waals surface area (Å²) in [7, 11) is 0. The Morgan fingerprint density at radius 2 is 1.95 bits per heavy atom. The molecule has 20 heavy (non-hydrogen) atoms. The van der Waals surface area contributed by atoms with Crippen LogP contribution in [0, 0.1) is 0 Å². The van der Waals surface area contributed by atoms with Gasteiger partial charge in [0.1, 0.15) is 6.54 Å². The van der Waals surface area contributed by atoms with Crippen LogP contribution in [-0.4, -0.2) is 48.1 Å². The monoisotopic (exact) mass is 278 g/mol. The number of carbonyl (C=O) groups excluding carboxylic acids is 2. The lowest BCUT2D eigenvalue weighted by Crippen LogP contribution is -2.31. The molecule has 0 spiro atoms. The fourth-order valence-corrected chi connectivity index (χ4v) is 1.99. The second-order valence-corrected chi connectivity index (χ2v) is 4.45. The van der Waals surface area contributed by atoms with Gasteiger partial charge in [0, 0.05) is 25.5 Å². The van der Waals surface area contributed by atoms with E-state index in [9.17, 15) is 9.59 Å². The summed E-state index contributed by atoms with van der Waals surface area (Å²) in [5.41, 5.74) is 0.331. The number of nitrogens with zero attached hydrogens (tertiary/aromatic N) is 3. The SMILES string of the molecule is CCOC(=O)CNC(=O)c1cnc(N2CCCC2)nc1. The van der Waals surface area contributed by atoms with Gasteiger partial charge >= 0.3 is 5.97 Å². The number of nitrogens with one attached hydrogen (secondary N) is 1. The Hall–Kier alpha value is -2.18. The normalized spacial score (nSPS) is 14.2. The molecule has 2 rings (SSSR count). The molecule has 1 amide bonds. The smallest absolute Gasteiger partial charge is 0.325 e. The van der Waals surface area contributed by atoms with E-state index in [1.165, 1.54) is 12.4 Å². The number of aromatic nitrogens is 2. The molecule has 7 nitrogen and oxygen atoms in total. The Morgan fingerprint density at radius 1 is 1.30 bits per heavy atom. The van der Waals surface area contributed by atoms with E-state index in [-0.39, 0.29) is 12.5 Å². The van der Waals surface area contributed by atoms with Crippen LogP contribution in [-0.2, 0) is 9.53 Å². The first-order chi connectivity index (χ1) is 9.70. The van der Waals surface area contributed by atoms with Crippen molar-refractivity contribution in [2.24, 2.45) is 0 Å². The largest absolute Gasteiger partial charge is 0.465 e. The van der Waals surface area contributed by atoms with Gasteiger partial charge in [-0.2, -0.15) is 0 Å². The summed E-state index contributed by atoms with van der Waals surface area (Å²) >= 11 is 0. The van der Waals surface area contributed by atoms with Crippen molar-refractivity contribution in [1.29, 1.82) is 0 Å². The standard InChI is InChI=1S/C13H18N4O3/c1-2-20-11(18)9-14-12(19)10-7-15-13(16-8-10)17-5-3-4-6-17/h7-8H,2-6,9H2,1H3,(H,14,19). The summed E-state index contributed by atoms with van der Waals surface area (Å²) in [5, 5.41) is 2.47. The fourth-order valence-electron chi connectivity index (χ4n) is 1.99. The van der Waals surface area contributed by atoms with Gasteiger partial charge in [0.2, 0.25) is 5.95 Å². The third-order valence-corrected chi connectivity index (χ3v) is 2.99. The molecular formula is C13H18N4O3. The Labute approximate surface area is 117 Å². The molecule has 0 atom stereocenters.